The Morgan fingerprint density at radius 3 is 1.37 bits per heavy atom. The fourth-order valence-corrected chi connectivity index (χ4v) is 6.61. The Kier molecular flexibility index (Phi) is 12.0. The zero-order chi connectivity index (χ0) is 36.6. The van der Waals surface area contributed by atoms with Gasteiger partial charge in [0.05, 0.1) is 21.8 Å². The minimum Gasteiger partial charge on any atom is -0.477 e. The highest BCUT2D eigenvalue weighted by Crippen LogP contribution is 2.32. The lowest BCUT2D eigenvalue weighted by Gasteiger charge is -2.34. The fourth-order valence-electron chi connectivity index (χ4n) is 6.61. The van der Waals surface area contributed by atoms with Gasteiger partial charge in [0.25, 0.3) is 0 Å². The molecule has 2 fully saturated rings. The molecule has 0 amide bonds. The van der Waals surface area contributed by atoms with Crippen LogP contribution in [0, 0.1) is 23.3 Å². The molecule has 0 spiro atoms. The van der Waals surface area contributed by atoms with Crippen molar-refractivity contribution in [3.63, 3.8) is 0 Å². The number of aryl methyl sites for hydroxylation is 2. The second-order valence-corrected chi connectivity index (χ2v) is 12.4. The van der Waals surface area contributed by atoms with Gasteiger partial charge in [-0.05, 0) is 39.8 Å². The topological polar surface area (TPSA) is 149 Å². The summed E-state index contributed by atoms with van der Waals surface area (Å²) < 4.78 is 62.3. The smallest absolute Gasteiger partial charge is 0.341 e. The van der Waals surface area contributed by atoms with E-state index in [1.54, 1.807) is 23.6 Å². The molecule has 2 aromatic heterocycles. The molecule has 17 heteroatoms. The summed E-state index contributed by atoms with van der Waals surface area (Å²) in [5.74, 6) is -6.23. The van der Waals surface area contributed by atoms with Gasteiger partial charge < -0.3 is 39.8 Å². The molecule has 2 aromatic carbocycles. The van der Waals surface area contributed by atoms with Crippen LogP contribution < -0.4 is 31.3 Å². The summed E-state index contributed by atoms with van der Waals surface area (Å²) >= 11 is 0. The number of rotatable bonds is 6. The third-order valence-electron chi connectivity index (χ3n) is 8.97. The molecule has 0 saturated carbocycles. The molecule has 6 rings (SSSR count). The van der Waals surface area contributed by atoms with Crippen LogP contribution >= 0.6 is 12.4 Å². The number of anilines is 2. The number of hydrogen-bond donors (Lipinski definition) is 4. The number of carboxylic acid groups (broad SMARTS) is 2. The van der Waals surface area contributed by atoms with Crippen molar-refractivity contribution < 1.29 is 37.4 Å². The van der Waals surface area contributed by atoms with Crippen molar-refractivity contribution in [3.05, 3.63) is 79.4 Å². The van der Waals surface area contributed by atoms with Gasteiger partial charge >= 0.3 is 11.9 Å². The standard InChI is InChI=1S/2C17H19F2N3O3.ClH/c2*1-3-21-8-11(17(24)25)16(23)10-6-12(18)15(13(19)14(10)21)22-5-4-20-9(2)7-22;/h2*6,8-9,20H,3-5,7H2,1-2H3,(H,24,25);1H. The molecule has 51 heavy (non-hydrogen) atoms. The number of nitrogens with zero attached hydrogens (tertiary/aromatic N) is 4. The van der Waals surface area contributed by atoms with Gasteiger partial charge in [0.1, 0.15) is 34.1 Å². The molecule has 2 unspecified atom stereocenters. The van der Waals surface area contributed by atoms with Crippen LogP contribution in [-0.2, 0) is 13.1 Å². The molecule has 4 aromatic rings. The zero-order valence-electron chi connectivity index (χ0n) is 28.4. The molecule has 4 heterocycles. The molecule has 2 atom stereocenters. The van der Waals surface area contributed by atoms with Gasteiger partial charge in [0.2, 0.25) is 10.9 Å². The fraction of sp³-hybridized carbons (Fsp3) is 0.412. The number of benzene rings is 2. The summed E-state index contributed by atoms with van der Waals surface area (Å²) in [5, 5.41) is 24.2. The first-order valence-electron chi connectivity index (χ1n) is 16.2. The molecule has 276 valence electrons. The van der Waals surface area contributed by atoms with E-state index in [4.69, 9.17) is 10.2 Å². The van der Waals surface area contributed by atoms with Gasteiger partial charge in [-0.15, -0.1) is 12.4 Å². The van der Waals surface area contributed by atoms with E-state index in [0.29, 0.717) is 39.3 Å². The maximum absolute atomic E-state index is 15.2. The van der Waals surface area contributed by atoms with Gasteiger partial charge in [-0.3, -0.25) is 9.59 Å². The molecule has 2 aliphatic rings. The van der Waals surface area contributed by atoms with Crippen LogP contribution in [0.2, 0.25) is 0 Å². The van der Waals surface area contributed by atoms with E-state index in [2.05, 4.69) is 10.6 Å². The molecule has 4 N–H and O–H groups in total. The quantitative estimate of drug-likeness (QED) is 0.214. The molecule has 12 nitrogen and oxygen atoms in total. The van der Waals surface area contributed by atoms with Crippen molar-refractivity contribution in [1.82, 2.24) is 19.8 Å². The Bertz CT molecular complexity index is 1980. The van der Waals surface area contributed by atoms with Crippen LogP contribution in [0.1, 0.15) is 48.4 Å². The SMILES string of the molecule is CCn1cc(C(=O)O)c(=O)c2cc(F)c(N3CCNC(C)C3)c(F)c21.CCn1cc(C(=O)O)c(=O)c2cc(F)c(N3CCNC(C)C3)c(F)c21.Cl. The van der Waals surface area contributed by atoms with E-state index >= 15 is 8.78 Å². The number of aromatic carboxylic acids is 2. The lowest BCUT2D eigenvalue weighted by molar-refractivity contribution is 0.0684. The molecule has 0 aliphatic carbocycles. The minimum atomic E-state index is -1.42. The van der Waals surface area contributed by atoms with Crippen LogP contribution in [0.4, 0.5) is 28.9 Å². The van der Waals surface area contributed by atoms with E-state index in [1.807, 2.05) is 13.8 Å². The molecule has 2 saturated heterocycles. The van der Waals surface area contributed by atoms with Crippen molar-refractivity contribution in [2.24, 2.45) is 0 Å². The number of pyridine rings is 2. The van der Waals surface area contributed by atoms with E-state index < -0.39 is 57.2 Å². The predicted molar refractivity (Wildman–Crippen MR) is 188 cm³/mol. The van der Waals surface area contributed by atoms with E-state index in [1.165, 1.54) is 9.13 Å². The number of hydrogen-bond acceptors (Lipinski definition) is 8. The second kappa shape index (κ2) is 15.7. The highest BCUT2D eigenvalue weighted by Gasteiger charge is 2.28. The first-order chi connectivity index (χ1) is 23.7. The number of carboxylic acids is 2. The predicted octanol–water partition coefficient (Wildman–Crippen LogP) is 4.01. The Morgan fingerprint density at radius 2 is 1.08 bits per heavy atom. The third kappa shape index (κ3) is 7.39. The first kappa shape index (κ1) is 39.1. The van der Waals surface area contributed by atoms with Crippen molar-refractivity contribution >= 4 is 57.5 Å². The van der Waals surface area contributed by atoms with Gasteiger partial charge in [-0.2, -0.15) is 0 Å². The average molecular weight is 739 g/mol. The number of aromatic nitrogens is 2. The monoisotopic (exact) mass is 738 g/mol. The van der Waals surface area contributed by atoms with E-state index in [-0.39, 0.29) is 70.8 Å². The van der Waals surface area contributed by atoms with Crippen molar-refractivity contribution in [1.29, 1.82) is 0 Å². The van der Waals surface area contributed by atoms with Crippen LogP contribution in [0.5, 0.6) is 0 Å². The van der Waals surface area contributed by atoms with E-state index in [0.717, 1.165) is 24.5 Å². The number of halogens is 5. The number of carbonyl (C=O) groups is 2. The minimum absolute atomic E-state index is 0. The lowest BCUT2D eigenvalue weighted by Crippen LogP contribution is -2.49. The van der Waals surface area contributed by atoms with Gasteiger partial charge in [-0.25, -0.2) is 27.2 Å². The first-order valence-corrected chi connectivity index (χ1v) is 16.2. The summed E-state index contributed by atoms with van der Waals surface area (Å²) in [6, 6.07) is 2.04. The largest absolute Gasteiger partial charge is 0.477 e. The molecule has 0 radical (unpaired) electrons. The van der Waals surface area contributed by atoms with Crippen LogP contribution in [-0.4, -0.2) is 82.6 Å². The number of nitrogens with one attached hydrogen (secondary N) is 2. The van der Waals surface area contributed by atoms with Crippen molar-refractivity contribution in [2.45, 2.75) is 52.9 Å². The molecule has 2 aliphatic heterocycles. The van der Waals surface area contributed by atoms with Crippen molar-refractivity contribution in [2.75, 3.05) is 49.1 Å². The summed E-state index contributed by atoms with van der Waals surface area (Å²) in [6.45, 7) is 10.7. The zero-order valence-corrected chi connectivity index (χ0v) is 29.2. The molecular formula is C34H39ClF4N6O6. The van der Waals surface area contributed by atoms with Crippen LogP contribution in [0.15, 0.2) is 34.1 Å². The normalized spacial score (nSPS) is 17.6. The Morgan fingerprint density at radius 1 is 0.725 bits per heavy atom. The maximum Gasteiger partial charge on any atom is 0.341 e. The Hall–Kier alpha value is -4.67. The molecular weight excluding hydrogens is 700 g/mol. The Balaban J connectivity index is 0.000000224. The summed E-state index contributed by atoms with van der Waals surface area (Å²) in [4.78, 5) is 50.4. The third-order valence-corrected chi connectivity index (χ3v) is 8.97. The van der Waals surface area contributed by atoms with Gasteiger partial charge in [-0.1, -0.05) is 0 Å². The highest BCUT2D eigenvalue weighted by atomic mass is 35.5. The van der Waals surface area contributed by atoms with E-state index in [9.17, 15) is 28.0 Å². The van der Waals surface area contributed by atoms with Crippen molar-refractivity contribution in [3.8, 4) is 0 Å². The summed E-state index contributed by atoms with van der Waals surface area (Å²) in [7, 11) is 0. The number of fused-ring (bicyclic) bond motifs is 2. The van der Waals surface area contributed by atoms with Gasteiger partial charge in [0.15, 0.2) is 11.6 Å². The Labute approximate surface area is 295 Å². The van der Waals surface area contributed by atoms with Gasteiger partial charge in [0, 0.05) is 76.8 Å². The maximum atomic E-state index is 15.2. The second-order valence-electron chi connectivity index (χ2n) is 12.4. The highest BCUT2D eigenvalue weighted by molar-refractivity contribution is 5.95. The van der Waals surface area contributed by atoms with Crippen LogP contribution in [0.3, 0.4) is 0 Å². The average Bonchev–Trinajstić information content (AvgIpc) is 3.06. The molecule has 0 bridgehead atoms. The van der Waals surface area contributed by atoms with Crippen LogP contribution in [0.25, 0.3) is 21.8 Å². The summed E-state index contributed by atoms with van der Waals surface area (Å²) in [5.41, 5.74) is -3.26. The summed E-state index contributed by atoms with van der Waals surface area (Å²) in [6.07, 6.45) is 2.22. The lowest BCUT2D eigenvalue weighted by atomic mass is 10.1. The number of piperazine rings is 2.